The first-order valence-electron chi connectivity index (χ1n) is 9.43. The Hall–Kier alpha value is -2.70. The molecule has 3 rings (SSSR count). The van der Waals surface area contributed by atoms with Crippen molar-refractivity contribution < 1.29 is 14.3 Å². The molecule has 0 bridgehead atoms. The van der Waals surface area contributed by atoms with Gasteiger partial charge in [-0.15, -0.1) is 0 Å². The molecule has 1 aliphatic heterocycles. The lowest BCUT2D eigenvalue weighted by molar-refractivity contribution is -0.140. The van der Waals surface area contributed by atoms with Crippen LogP contribution in [0.1, 0.15) is 49.2 Å². The zero-order valence-electron chi connectivity index (χ0n) is 16.0. The Morgan fingerprint density at radius 2 is 1.93 bits per heavy atom. The van der Waals surface area contributed by atoms with E-state index >= 15 is 0 Å². The van der Waals surface area contributed by atoms with Crippen LogP contribution < -0.4 is 5.56 Å². The highest BCUT2D eigenvalue weighted by Gasteiger charge is 2.25. The molecular weight excluding hydrogens is 346 g/mol. The first-order chi connectivity index (χ1) is 12.9. The van der Waals surface area contributed by atoms with Gasteiger partial charge in [-0.3, -0.25) is 9.59 Å². The van der Waals surface area contributed by atoms with Gasteiger partial charge in [0.2, 0.25) is 0 Å². The van der Waals surface area contributed by atoms with Gasteiger partial charge in [-0.25, -0.2) is 9.78 Å². The minimum absolute atomic E-state index is 0.138. The van der Waals surface area contributed by atoms with E-state index in [9.17, 15) is 14.4 Å². The summed E-state index contributed by atoms with van der Waals surface area (Å²) in [6.45, 7) is 7.09. The van der Waals surface area contributed by atoms with Gasteiger partial charge >= 0.3 is 5.97 Å². The van der Waals surface area contributed by atoms with E-state index in [-0.39, 0.29) is 11.5 Å². The lowest BCUT2D eigenvalue weighted by Crippen LogP contribution is -2.42. The number of amides is 1. The molecule has 0 unspecified atom stereocenters. The van der Waals surface area contributed by atoms with Crippen molar-refractivity contribution in [2.24, 2.45) is 0 Å². The van der Waals surface area contributed by atoms with Crippen molar-refractivity contribution in [3.8, 4) is 0 Å². The van der Waals surface area contributed by atoms with Gasteiger partial charge in [-0.05, 0) is 58.2 Å². The molecule has 0 N–H and O–H groups in total. The molecule has 1 saturated heterocycles. The normalized spacial score (nSPS) is 15.6. The molecule has 1 aromatic heterocycles. The summed E-state index contributed by atoms with van der Waals surface area (Å²) in [4.78, 5) is 43.2. The van der Waals surface area contributed by atoms with Gasteiger partial charge in [0.1, 0.15) is 5.69 Å². The Balaban J connectivity index is 1.80. The van der Waals surface area contributed by atoms with Gasteiger partial charge in [0, 0.05) is 19.6 Å². The van der Waals surface area contributed by atoms with Crippen molar-refractivity contribution in [2.45, 2.75) is 52.7 Å². The summed E-state index contributed by atoms with van der Waals surface area (Å²) in [6, 6.07) is 4.90. The van der Waals surface area contributed by atoms with Crippen LogP contribution in [0, 0.1) is 6.92 Å². The van der Waals surface area contributed by atoms with Crippen molar-refractivity contribution in [1.82, 2.24) is 14.5 Å². The second kappa shape index (κ2) is 7.90. The lowest BCUT2D eigenvalue weighted by atomic mass is 10.1. The maximum absolute atomic E-state index is 12.5. The average molecular weight is 371 g/mol. The van der Waals surface area contributed by atoms with E-state index in [4.69, 9.17) is 4.74 Å². The van der Waals surface area contributed by atoms with Crippen LogP contribution in [0.25, 0.3) is 11.0 Å². The summed E-state index contributed by atoms with van der Waals surface area (Å²) in [7, 11) is 0. The fraction of sp³-hybridized carbons (Fsp3) is 0.500. The Morgan fingerprint density at radius 3 is 2.59 bits per heavy atom. The van der Waals surface area contributed by atoms with E-state index in [1.807, 2.05) is 6.92 Å². The molecule has 0 saturated carbocycles. The SMILES string of the molecule is CCn1c(=O)c(C)nc2cc(C(=O)O[C@H](C)C(=O)N3CCCCC3)ccc21. The first-order valence-corrected chi connectivity index (χ1v) is 9.43. The number of ether oxygens (including phenoxy) is 1. The summed E-state index contributed by atoms with van der Waals surface area (Å²) in [5, 5.41) is 0. The molecule has 7 heteroatoms. The van der Waals surface area contributed by atoms with E-state index in [0.29, 0.717) is 41.9 Å². The van der Waals surface area contributed by atoms with E-state index in [0.717, 1.165) is 19.3 Å². The number of piperidine rings is 1. The first kappa shape index (κ1) is 19.1. The Morgan fingerprint density at radius 1 is 1.22 bits per heavy atom. The molecule has 2 aromatic rings. The fourth-order valence-corrected chi connectivity index (χ4v) is 3.47. The summed E-state index contributed by atoms with van der Waals surface area (Å²) >= 11 is 0. The minimum atomic E-state index is -0.828. The second-order valence-corrected chi connectivity index (χ2v) is 6.88. The molecular formula is C20H25N3O4. The number of aryl methyl sites for hydroxylation is 2. The summed E-state index contributed by atoms with van der Waals surface area (Å²) in [6.07, 6.45) is 2.28. The van der Waals surface area contributed by atoms with Crippen LogP contribution in [-0.2, 0) is 16.1 Å². The van der Waals surface area contributed by atoms with Crippen molar-refractivity contribution in [1.29, 1.82) is 0 Å². The summed E-state index contributed by atoms with van der Waals surface area (Å²) in [5.41, 5.74) is 1.78. The molecule has 0 aliphatic carbocycles. The topological polar surface area (TPSA) is 81.5 Å². The Bertz CT molecular complexity index is 929. The molecule has 144 valence electrons. The van der Waals surface area contributed by atoms with Gasteiger partial charge in [0.15, 0.2) is 6.10 Å². The second-order valence-electron chi connectivity index (χ2n) is 6.88. The molecule has 1 atom stereocenters. The van der Waals surface area contributed by atoms with E-state index in [2.05, 4.69) is 4.98 Å². The monoisotopic (exact) mass is 371 g/mol. The molecule has 1 amide bonds. The average Bonchev–Trinajstić information content (AvgIpc) is 2.68. The quantitative estimate of drug-likeness (QED) is 0.770. The van der Waals surface area contributed by atoms with Crippen molar-refractivity contribution in [3.63, 3.8) is 0 Å². The van der Waals surface area contributed by atoms with E-state index in [1.54, 1.807) is 41.5 Å². The number of likely N-dealkylation sites (tertiary alicyclic amines) is 1. The van der Waals surface area contributed by atoms with Crippen LogP contribution in [0.3, 0.4) is 0 Å². The molecule has 1 aromatic carbocycles. The number of benzene rings is 1. The fourth-order valence-electron chi connectivity index (χ4n) is 3.47. The van der Waals surface area contributed by atoms with Crippen molar-refractivity contribution >= 4 is 22.9 Å². The minimum Gasteiger partial charge on any atom is -0.449 e. The largest absolute Gasteiger partial charge is 0.449 e. The maximum Gasteiger partial charge on any atom is 0.338 e. The van der Waals surface area contributed by atoms with Crippen LogP contribution in [0.15, 0.2) is 23.0 Å². The Labute approximate surface area is 157 Å². The van der Waals surface area contributed by atoms with Gasteiger partial charge < -0.3 is 14.2 Å². The molecule has 7 nitrogen and oxygen atoms in total. The smallest absolute Gasteiger partial charge is 0.338 e. The van der Waals surface area contributed by atoms with Crippen molar-refractivity contribution in [2.75, 3.05) is 13.1 Å². The third kappa shape index (κ3) is 3.86. The number of esters is 1. The molecule has 27 heavy (non-hydrogen) atoms. The number of carbonyl (C=O) groups excluding carboxylic acids is 2. The third-order valence-corrected chi connectivity index (χ3v) is 4.96. The third-order valence-electron chi connectivity index (χ3n) is 4.96. The molecule has 2 heterocycles. The van der Waals surface area contributed by atoms with Crippen LogP contribution in [0.2, 0.25) is 0 Å². The molecule has 0 spiro atoms. The molecule has 1 aliphatic rings. The predicted molar refractivity (Wildman–Crippen MR) is 102 cm³/mol. The highest BCUT2D eigenvalue weighted by Crippen LogP contribution is 2.16. The maximum atomic E-state index is 12.5. The number of hydrogen-bond acceptors (Lipinski definition) is 5. The Kier molecular flexibility index (Phi) is 5.58. The highest BCUT2D eigenvalue weighted by atomic mass is 16.5. The van der Waals surface area contributed by atoms with Gasteiger partial charge in [-0.2, -0.15) is 0 Å². The van der Waals surface area contributed by atoms with Crippen LogP contribution in [0.5, 0.6) is 0 Å². The van der Waals surface area contributed by atoms with Crippen LogP contribution in [-0.4, -0.2) is 45.5 Å². The number of rotatable bonds is 4. The van der Waals surface area contributed by atoms with Gasteiger partial charge in [-0.1, -0.05) is 0 Å². The standard InChI is InChI=1S/C20H25N3O4/c1-4-23-17-9-8-15(12-16(17)21-13(2)18(23)24)20(26)27-14(3)19(25)22-10-6-5-7-11-22/h8-9,12,14H,4-7,10-11H2,1-3H3/t14-/m1/s1. The number of fused-ring (bicyclic) bond motifs is 1. The van der Waals surface area contributed by atoms with Gasteiger partial charge in [0.25, 0.3) is 11.5 Å². The highest BCUT2D eigenvalue weighted by molar-refractivity contribution is 5.95. The van der Waals surface area contributed by atoms with Crippen molar-refractivity contribution in [3.05, 3.63) is 39.8 Å². The molecule has 1 fully saturated rings. The predicted octanol–water partition coefficient (Wildman–Crippen LogP) is 2.28. The number of aromatic nitrogens is 2. The van der Waals surface area contributed by atoms with E-state index < -0.39 is 12.1 Å². The number of nitrogens with zero attached hydrogens (tertiary/aromatic N) is 3. The van der Waals surface area contributed by atoms with Crippen LogP contribution >= 0.6 is 0 Å². The lowest BCUT2D eigenvalue weighted by Gasteiger charge is -2.28. The summed E-state index contributed by atoms with van der Waals surface area (Å²) in [5.74, 6) is -0.721. The summed E-state index contributed by atoms with van der Waals surface area (Å²) < 4.78 is 7.00. The number of carbonyl (C=O) groups is 2. The van der Waals surface area contributed by atoms with Gasteiger partial charge in [0.05, 0.1) is 16.6 Å². The van der Waals surface area contributed by atoms with Crippen LogP contribution in [0.4, 0.5) is 0 Å². The molecule has 0 radical (unpaired) electrons. The zero-order chi connectivity index (χ0) is 19.6. The zero-order valence-corrected chi connectivity index (χ0v) is 16.0. The number of hydrogen-bond donors (Lipinski definition) is 0. The van der Waals surface area contributed by atoms with E-state index in [1.165, 1.54) is 0 Å².